The van der Waals surface area contributed by atoms with Gasteiger partial charge in [0.25, 0.3) is 0 Å². The second-order valence-electron chi connectivity index (χ2n) is 6.05. The van der Waals surface area contributed by atoms with Crippen molar-refractivity contribution in [3.8, 4) is 5.75 Å². The van der Waals surface area contributed by atoms with Crippen LogP contribution in [0.1, 0.15) is 32.9 Å². The molecule has 1 saturated heterocycles. The van der Waals surface area contributed by atoms with E-state index in [2.05, 4.69) is 4.98 Å². The van der Waals surface area contributed by atoms with Gasteiger partial charge in [0.2, 0.25) is 0 Å². The number of likely N-dealkylation sites (tertiary alicyclic amines) is 1. The summed E-state index contributed by atoms with van der Waals surface area (Å²) in [5.41, 5.74) is -0.120. The molecule has 0 unspecified atom stereocenters. The van der Waals surface area contributed by atoms with Crippen LogP contribution in [0.4, 0.5) is 9.18 Å². The molecule has 116 valence electrons. The van der Waals surface area contributed by atoms with Crippen molar-refractivity contribution in [3.63, 3.8) is 0 Å². The molecule has 2 rings (SSSR count). The van der Waals surface area contributed by atoms with Gasteiger partial charge in [-0.2, -0.15) is 0 Å². The lowest BCUT2D eigenvalue weighted by Gasteiger charge is -2.40. The number of alkyl halides is 1. The molecule has 0 saturated carbocycles. The Balaban J connectivity index is 1.82. The van der Waals surface area contributed by atoms with Crippen molar-refractivity contribution in [2.45, 2.75) is 45.5 Å². The highest BCUT2D eigenvalue weighted by Gasteiger charge is 2.35. The van der Waals surface area contributed by atoms with Gasteiger partial charge in [0.1, 0.15) is 24.6 Å². The zero-order valence-corrected chi connectivity index (χ0v) is 12.6. The third-order valence-corrected chi connectivity index (χ3v) is 3.15. The number of carbonyl (C=O) groups is 1. The molecule has 0 aliphatic carbocycles. The zero-order chi connectivity index (χ0) is 15.5. The van der Waals surface area contributed by atoms with E-state index < -0.39 is 12.3 Å². The molecule has 5 nitrogen and oxygen atoms in total. The summed E-state index contributed by atoms with van der Waals surface area (Å²) in [6, 6.07) is 3.28. The maximum atomic E-state index is 12.3. The maximum absolute atomic E-state index is 12.3. The molecule has 1 aromatic heterocycles. The molecule has 1 atom stereocenters. The predicted molar refractivity (Wildman–Crippen MR) is 75.9 cm³/mol. The second-order valence-corrected chi connectivity index (χ2v) is 6.05. The van der Waals surface area contributed by atoms with E-state index in [4.69, 9.17) is 9.47 Å². The molecule has 6 heteroatoms. The molecule has 0 N–H and O–H groups in total. The number of aromatic nitrogens is 1. The van der Waals surface area contributed by atoms with Gasteiger partial charge in [-0.25, -0.2) is 9.18 Å². The molecule has 0 spiro atoms. The van der Waals surface area contributed by atoms with Crippen LogP contribution >= 0.6 is 0 Å². The Morgan fingerprint density at radius 1 is 1.48 bits per heavy atom. The van der Waals surface area contributed by atoms with Crippen LogP contribution in [0.2, 0.25) is 0 Å². The van der Waals surface area contributed by atoms with E-state index in [-0.39, 0.29) is 12.1 Å². The molecule has 0 aromatic carbocycles. The summed E-state index contributed by atoms with van der Waals surface area (Å²) in [4.78, 5) is 17.5. The van der Waals surface area contributed by atoms with Gasteiger partial charge in [0, 0.05) is 6.54 Å². The van der Waals surface area contributed by atoms with Crippen LogP contribution in [0.5, 0.6) is 5.75 Å². The summed E-state index contributed by atoms with van der Waals surface area (Å²) in [6.07, 6.45) is 2.06. The van der Waals surface area contributed by atoms with Gasteiger partial charge in [0.05, 0.1) is 17.9 Å². The fraction of sp³-hybridized carbons (Fsp3) is 0.600. The minimum Gasteiger partial charge on any atom is -0.490 e. The molecule has 1 aliphatic rings. The number of hydrogen-bond acceptors (Lipinski definition) is 4. The quantitative estimate of drug-likeness (QED) is 0.857. The van der Waals surface area contributed by atoms with Crippen molar-refractivity contribution < 1.29 is 18.7 Å². The highest BCUT2D eigenvalue weighted by molar-refractivity contribution is 5.69. The number of pyridine rings is 1. The van der Waals surface area contributed by atoms with Crippen molar-refractivity contribution in [1.82, 2.24) is 9.88 Å². The van der Waals surface area contributed by atoms with Crippen molar-refractivity contribution in [1.29, 1.82) is 0 Å². The van der Waals surface area contributed by atoms with Crippen molar-refractivity contribution >= 4 is 6.09 Å². The van der Waals surface area contributed by atoms with Crippen molar-refractivity contribution in [2.75, 3.05) is 13.2 Å². The number of rotatable bonds is 4. The lowest BCUT2D eigenvalue weighted by molar-refractivity contribution is -0.0141. The van der Waals surface area contributed by atoms with Gasteiger partial charge >= 0.3 is 6.09 Å². The average Bonchev–Trinajstić information content (AvgIpc) is 2.36. The largest absolute Gasteiger partial charge is 0.490 e. The fourth-order valence-corrected chi connectivity index (χ4v) is 1.94. The Hall–Kier alpha value is -1.85. The molecule has 1 fully saturated rings. The molecular weight excluding hydrogens is 275 g/mol. The summed E-state index contributed by atoms with van der Waals surface area (Å²) in [5.74, 6) is 0.572. The standard InChI is InChI=1S/C15H21FN2O3/c1-15(2,3)21-14(19)18-7-6-12(18)10-20-13-5-4-11(8-16)17-9-13/h4-5,9,12H,6-8,10H2,1-3H3/t12-/m0/s1. The first-order valence-corrected chi connectivity index (χ1v) is 7.02. The van der Waals surface area contributed by atoms with Gasteiger partial charge in [-0.1, -0.05) is 0 Å². The SMILES string of the molecule is CC(C)(C)OC(=O)N1CC[C@H]1COc1ccc(CF)nc1. The van der Waals surface area contributed by atoms with Gasteiger partial charge in [0.15, 0.2) is 0 Å². The Morgan fingerprint density at radius 3 is 2.71 bits per heavy atom. The van der Waals surface area contributed by atoms with Crippen LogP contribution in [0.25, 0.3) is 0 Å². The molecule has 1 aliphatic heterocycles. The highest BCUT2D eigenvalue weighted by atomic mass is 19.1. The topological polar surface area (TPSA) is 51.7 Å². The Bertz CT molecular complexity index is 485. The highest BCUT2D eigenvalue weighted by Crippen LogP contribution is 2.22. The average molecular weight is 296 g/mol. The number of carbonyl (C=O) groups excluding carboxylic acids is 1. The summed E-state index contributed by atoms with van der Waals surface area (Å²) >= 11 is 0. The molecule has 1 aromatic rings. The predicted octanol–water partition coefficient (Wildman–Crippen LogP) is 2.94. The van der Waals surface area contributed by atoms with Crippen LogP contribution in [0.3, 0.4) is 0 Å². The molecule has 1 amide bonds. The monoisotopic (exact) mass is 296 g/mol. The molecule has 2 heterocycles. The normalized spacial score (nSPS) is 18.1. The Kier molecular flexibility index (Phi) is 4.65. The second kappa shape index (κ2) is 6.28. The van der Waals surface area contributed by atoms with Gasteiger partial charge < -0.3 is 14.4 Å². The van der Waals surface area contributed by atoms with Crippen LogP contribution in [0.15, 0.2) is 18.3 Å². The Morgan fingerprint density at radius 2 is 2.24 bits per heavy atom. The number of halogens is 1. The van der Waals surface area contributed by atoms with Gasteiger partial charge in [-0.3, -0.25) is 4.98 Å². The molecule has 0 radical (unpaired) electrons. The molecular formula is C15H21FN2O3. The summed E-state index contributed by atoms with van der Waals surface area (Å²) in [5, 5.41) is 0. The lowest BCUT2D eigenvalue weighted by Crippen LogP contribution is -2.55. The first-order chi connectivity index (χ1) is 9.89. The summed E-state index contributed by atoms with van der Waals surface area (Å²) in [6.45, 7) is 6.00. The maximum Gasteiger partial charge on any atom is 0.410 e. The van der Waals surface area contributed by atoms with E-state index in [0.29, 0.717) is 24.6 Å². The first-order valence-electron chi connectivity index (χ1n) is 7.02. The number of ether oxygens (including phenoxy) is 2. The minimum absolute atomic E-state index is 0.0145. The van der Waals surface area contributed by atoms with Gasteiger partial charge in [-0.15, -0.1) is 0 Å². The van der Waals surface area contributed by atoms with E-state index in [1.165, 1.54) is 6.20 Å². The van der Waals surface area contributed by atoms with E-state index in [1.54, 1.807) is 17.0 Å². The third kappa shape index (κ3) is 4.31. The van der Waals surface area contributed by atoms with Crippen molar-refractivity contribution in [2.24, 2.45) is 0 Å². The molecule has 21 heavy (non-hydrogen) atoms. The molecule has 0 bridgehead atoms. The van der Waals surface area contributed by atoms with E-state index in [1.807, 2.05) is 20.8 Å². The van der Waals surface area contributed by atoms with E-state index in [9.17, 15) is 9.18 Å². The minimum atomic E-state index is -0.588. The van der Waals surface area contributed by atoms with Crippen molar-refractivity contribution in [3.05, 3.63) is 24.0 Å². The zero-order valence-electron chi connectivity index (χ0n) is 12.6. The number of amides is 1. The van der Waals surface area contributed by atoms with Crippen LogP contribution in [-0.4, -0.2) is 40.8 Å². The first kappa shape index (κ1) is 15.5. The Labute approximate surface area is 124 Å². The smallest absolute Gasteiger partial charge is 0.410 e. The number of nitrogens with zero attached hydrogens (tertiary/aromatic N) is 2. The summed E-state index contributed by atoms with van der Waals surface area (Å²) in [7, 11) is 0. The fourth-order valence-electron chi connectivity index (χ4n) is 1.94. The van der Waals surface area contributed by atoms with Crippen LogP contribution < -0.4 is 4.74 Å². The van der Waals surface area contributed by atoms with Gasteiger partial charge in [-0.05, 0) is 39.3 Å². The lowest BCUT2D eigenvalue weighted by atomic mass is 10.1. The van der Waals surface area contributed by atoms with E-state index >= 15 is 0 Å². The van der Waals surface area contributed by atoms with Crippen LogP contribution in [-0.2, 0) is 11.4 Å². The van der Waals surface area contributed by atoms with Crippen LogP contribution in [0, 0.1) is 0 Å². The third-order valence-electron chi connectivity index (χ3n) is 3.15. The summed E-state index contributed by atoms with van der Waals surface area (Å²) < 4.78 is 23.3. The van der Waals surface area contributed by atoms with E-state index in [0.717, 1.165) is 6.42 Å². The number of hydrogen-bond donors (Lipinski definition) is 0.